The Labute approximate surface area is 123 Å². The normalized spacial score (nSPS) is 11.8. The molecule has 112 valence electrons. The van der Waals surface area contributed by atoms with Crippen molar-refractivity contribution in [3.63, 3.8) is 0 Å². The first kappa shape index (κ1) is 16.6. The Balaban J connectivity index is 2.82. The third-order valence-electron chi connectivity index (χ3n) is 3.10. The lowest BCUT2D eigenvalue weighted by Crippen LogP contribution is -2.21. The summed E-state index contributed by atoms with van der Waals surface area (Å²) in [7, 11) is 3.35. The van der Waals surface area contributed by atoms with E-state index in [9.17, 15) is 0 Å². The molecule has 0 amide bonds. The van der Waals surface area contributed by atoms with Crippen LogP contribution in [0.4, 0.5) is 0 Å². The third kappa shape index (κ3) is 5.66. The van der Waals surface area contributed by atoms with Gasteiger partial charge in [-0.1, -0.05) is 32.4 Å². The van der Waals surface area contributed by atoms with Crippen molar-refractivity contribution >= 4 is 6.08 Å². The average molecular weight is 277 g/mol. The molecule has 1 aromatic carbocycles. The monoisotopic (exact) mass is 277 g/mol. The Morgan fingerprint density at radius 3 is 2.20 bits per heavy atom. The molecular weight excluding hydrogens is 250 g/mol. The molecule has 3 heteroatoms. The van der Waals surface area contributed by atoms with E-state index in [0.29, 0.717) is 5.92 Å². The van der Waals surface area contributed by atoms with Crippen LogP contribution in [0.25, 0.3) is 6.08 Å². The molecule has 1 aromatic rings. The summed E-state index contributed by atoms with van der Waals surface area (Å²) in [5.41, 5.74) is 2.49. The fourth-order valence-corrected chi connectivity index (χ4v) is 1.95. The SMILES string of the molecule is CCC(=Cc1cc(OC)cc(OC)c1)CNCC(C)C. The van der Waals surface area contributed by atoms with Gasteiger partial charge in [0, 0.05) is 12.6 Å². The summed E-state index contributed by atoms with van der Waals surface area (Å²) in [5.74, 6) is 2.31. The fraction of sp³-hybridized carbons (Fsp3) is 0.529. The highest BCUT2D eigenvalue weighted by molar-refractivity contribution is 5.58. The standard InChI is InChI=1S/C17H27NO2/c1-6-14(12-18-11-13(2)3)7-15-8-16(19-4)10-17(9-15)20-5/h7-10,13,18H,6,11-12H2,1-5H3. The molecule has 20 heavy (non-hydrogen) atoms. The van der Waals surface area contributed by atoms with Crippen LogP contribution in [-0.4, -0.2) is 27.3 Å². The zero-order valence-electron chi connectivity index (χ0n) is 13.3. The highest BCUT2D eigenvalue weighted by Gasteiger charge is 2.02. The van der Waals surface area contributed by atoms with Crippen LogP contribution in [0.5, 0.6) is 11.5 Å². The molecule has 0 atom stereocenters. The quantitative estimate of drug-likeness (QED) is 0.785. The van der Waals surface area contributed by atoms with Crippen LogP contribution < -0.4 is 14.8 Å². The Hall–Kier alpha value is -1.48. The molecule has 0 radical (unpaired) electrons. The second-order valence-corrected chi connectivity index (χ2v) is 5.33. The van der Waals surface area contributed by atoms with E-state index in [2.05, 4.69) is 32.2 Å². The van der Waals surface area contributed by atoms with Gasteiger partial charge in [0.25, 0.3) is 0 Å². The Kier molecular flexibility index (Phi) is 7.16. The van der Waals surface area contributed by atoms with E-state index in [1.165, 1.54) is 5.57 Å². The predicted octanol–water partition coefficient (Wildman–Crippen LogP) is 3.74. The van der Waals surface area contributed by atoms with E-state index in [-0.39, 0.29) is 0 Å². The number of nitrogens with one attached hydrogen (secondary N) is 1. The molecule has 1 N–H and O–H groups in total. The van der Waals surface area contributed by atoms with Crippen molar-refractivity contribution in [2.75, 3.05) is 27.3 Å². The number of hydrogen-bond acceptors (Lipinski definition) is 3. The van der Waals surface area contributed by atoms with Crippen molar-refractivity contribution in [1.29, 1.82) is 0 Å². The molecular formula is C17H27NO2. The van der Waals surface area contributed by atoms with Crippen molar-refractivity contribution in [2.24, 2.45) is 5.92 Å². The Morgan fingerprint density at radius 2 is 1.75 bits per heavy atom. The van der Waals surface area contributed by atoms with Gasteiger partial charge in [-0.2, -0.15) is 0 Å². The smallest absolute Gasteiger partial charge is 0.123 e. The first-order valence-corrected chi connectivity index (χ1v) is 7.22. The molecule has 0 heterocycles. The topological polar surface area (TPSA) is 30.5 Å². The van der Waals surface area contributed by atoms with Crippen LogP contribution in [-0.2, 0) is 0 Å². The maximum Gasteiger partial charge on any atom is 0.123 e. The number of hydrogen-bond donors (Lipinski definition) is 1. The largest absolute Gasteiger partial charge is 0.497 e. The van der Waals surface area contributed by atoms with Gasteiger partial charge in [-0.25, -0.2) is 0 Å². The Morgan fingerprint density at radius 1 is 1.15 bits per heavy atom. The lowest BCUT2D eigenvalue weighted by molar-refractivity contribution is 0.394. The van der Waals surface area contributed by atoms with Crippen molar-refractivity contribution in [3.05, 3.63) is 29.3 Å². The zero-order valence-corrected chi connectivity index (χ0v) is 13.3. The van der Waals surface area contributed by atoms with Crippen LogP contribution in [0.1, 0.15) is 32.8 Å². The Bertz CT molecular complexity index is 416. The summed E-state index contributed by atoms with van der Waals surface area (Å²) in [4.78, 5) is 0. The second-order valence-electron chi connectivity index (χ2n) is 5.33. The lowest BCUT2D eigenvalue weighted by atomic mass is 10.1. The minimum atomic E-state index is 0.671. The third-order valence-corrected chi connectivity index (χ3v) is 3.10. The van der Waals surface area contributed by atoms with Gasteiger partial charge in [0.05, 0.1) is 14.2 Å². The van der Waals surface area contributed by atoms with Crippen LogP contribution >= 0.6 is 0 Å². The molecule has 3 nitrogen and oxygen atoms in total. The van der Waals surface area contributed by atoms with Gasteiger partial charge in [-0.3, -0.25) is 0 Å². The average Bonchev–Trinajstić information content (AvgIpc) is 2.45. The zero-order chi connectivity index (χ0) is 15.0. The summed E-state index contributed by atoms with van der Waals surface area (Å²) in [6.07, 6.45) is 3.24. The van der Waals surface area contributed by atoms with Gasteiger partial charge in [-0.15, -0.1) is 0 Å². The number of benzene rings is 1. The van der Waals surface area contributed by atoms with E-state index in [1.54, 1.807) is 14.2 Å². The lowest BCUT2D eigenvalue weighted by Gasteiger charge is -2.11. The van der Waals surface area contributed by atoms with Gasteiger partial charge in [0.15, 0.2) is 0 Å². The summed E-state index contributed by atoms with van der Waals surface area (Å²) < 4.78 is 10.6. The first-order chi connectivity index (χ1) is 9.58. The molecule has 0 bridgehead atoms. The molecule has 0 saturated heterocycles. The van der Waals surface area contributed by atoms with Crippen LogP contribution in [0.2, 0.25) is 0 Å². The van der Waals surface area contributed by atoms with E-state index in [4.69, 9.17) is 9.47 Å². The van der Waals surface area contributed by atoms with Gasteiger partial charge in [-0.05, 0) is 36.6 Å². The maximum absolute atomic E-state index is 5.30. The molecule has 0 aliphatic heterocycles. The highest BCUT2D eigenvalue weighted by Crippen LogP contribution is 2.24. The van der Waals surface area contributed by atoms with E-state index < -0.39 is 0 Å². The predicted molar refractivity (Wildman–Crippen MR) is 85.5 cm³/mol. The van der Waals surface area contributed by atoms with Crippen LogP contribution in [0.3, 0.4) is 0 Å². The van der Waals surface area contributed by atoms with E-state index >= 15 is 0 Å². The van der Waals surface area contributed by atoms with Crippen LogP contribution in [0.15, 0.2) is 23.8 Å². The molecule has 0 unspecified atom stereocenters. The summed E-state index contributed by atoms with van der Waals surface area (Å²) in [6, 6.07) is 5.95. The minimum absolute atomic E-state index is 0.671. The molecule has 0 aliphatic carbocycles. The fourth-order valence-electron chi connectivity index (χ4n) is 1.95. The van der Waals surface area contributed by atoms with E-state index in [1.807, 2.05) is 18.2 Å². The molecule has 0 aliphatic rings. The highest BCUT2D eigenvalue weighted by atomic mass is 16.5. The molecule has 0 fully saturated rings. The number of rotatable bonds is 8. The van der Waals surface area contributed by atoms with Gasteiger partial charge < -0.3 is 14.8 Å². The second kappa shape index (κ2) is 8.64. The summed E-state index contributed by atoms with van der Waals surface area (Å²) >= 11 is 0. The van der Waals surface area contributed by atoms with Crippen molar-refractivity contribution in [3.8, 4) is 11.5 Å². The van der Waals surface area contributed by atoms with Crippen LogP contribution in [0, 0.1) is 5.92 Å². The van der Waals surface area contributed by atoms with Gasteiger partial charge >= 0.3 is 0 Å². The van der Waals surface area contributed by atoms with Gasteiger partial charge in [0.1, 0.15) is 11.5 Å². The number of methoxy groups -OCH3 is 2. The number of ether oxygens (including phenoxy) is 2. The molecule has 0 aromatic heterocycles. The van der Waals surface area contributed by atoms with Crippen molar-refractivity contribution in [1.82, 2.24) is 5.32 Å². The molecule has 0 saturated carbocycles. The minimum Gasteiger partial charge on any atom is -0.497 e. The maximum atomic E-state index is 5.30. The first-order valence-electron chi connectivity index (χ1n) is 7.22. The summed E-state index contributed by atoms with van der Waals surface area (Å²) in [6.45, 7) is 8.58. The van der Waals surface area contributed by atoms with E-state index in [0.717, 1.165) is 36.6 Å². The van der Waals surface area contributed by atoms with Crippen molar-refractivity contribution in [2.45, 2.75) is 27.2 Å². The molecule has 1 rings (SSSR count). The summed E-state index contributed by atoms with van der Waals surface area (Å²) in [5, 5.41) is 3.48. The van der Waals surface area contributed by atoms with Crippen molar-refractivity contribution < 1.29 is 9.47 Å². The van der Waals surface area contributed by atoms with Gasteiger partial charge in [0.2, 0.25) is 0 Å². The molecule has 0 spiro atoms.